The molecule has 0 saturated heterocycles. The summed E-state index contributed by atoms with van der Waals surface area (Å²) in [4.78, 5) is 43.6. The highest BCUT2D eigenvalue weighted by Gasteiger charge is 2.26. The second-order valence-electron chi connectivity index (χ2n) is 5.61. The summed E-state index contributed by atoms with van der Waals surface area (Å²) in [7, 11) is 0. The Morgan fingerprint density at radius 2 is 2.07 bits per heavy atom. The number of thioether (sulfide) groups is 1. The number of hydrogen-bond donors (Lipinski definition) is 3. The molecule has 3 rings (SSSR count). The van der Waals surface area contributed by atoms with E-state index in [0.717, 1.165) is 17.3 Å². The second-order valence-corrected chi connectivity index (χ2v) is 6.58. The van der Waals surface area contributed by atoms with Crippen LogP contribution in [0.15, 0.2) is 57.1 Å². The van der Waals surface area contributed by atoms with E-state index in [1.807, 2.05) is 25.1 Å². The summed E-state index contributed by atoms with van der Waals surface area (Å²) < 4.78 is 4.91. The third-order valence-corrected chi connectivity index (χ3v) is 4.45. The van der Waals surface area contributed by atoms with Gasteiger partial charge in [0.15, 0.2) is 22.5 Å². The van der Waals surface area contributed by atoms with Gasteiger partial charge in [-0.15, -0.1) is 0 Å². The molecule has 1 aromatic heterocycles. The second kappa shape index (κ2) is 8.44. The summed E-state index contributed by atoms with van der Waals surface area (Å²) >= 11 is 0.963. The normalized spacial score (nSPS) is 15.2. The maximum atomic E-state index is 12.1. The van der Waals surface area contributed by atoms with Crippen molar-refractivity contribution < 1.29 is 18.8 Å². The van der Waals surface area contributed by atoms with E-state index in [4.69, 9.17) is 9.83 Å². The molecule has 2 heterocycles. The van der Waals surface area contributed by atoms with Crippen LogP contribution in [-0.4, -0.2) is 40.2 Å². The highest BCUT2D eigenvalue weighted by atomic mass is 32.2. The molecule has 3 amide bonds. The molecule has 28 heavy (non-hydrogen) atoms. The number of carbonyl (C=O) groups is 3. The maximum absolute atomic E-state index is 12.1. The summed E-state index contributed by atoms with van der Waals surface area (Å²) in [6, 6.07) is 10.2. The fraction of sp³-hybridized carbons (Fsp3) is 0.111. The molecule has 9 nitrogen and oxygen atoms in total. The molecule has 1 aromatic carbocycles. The average Bonchev–Trinajstić information content (AvgIpc) is 3.20. The fourth-order valence-corrected chi connectivity index (χ4v) is 2.87. The topological polar surface area (TPSA) is 137 Å². The summed E-state index contributed by atoms with van der Waals surface area (Å²) in [6.45, 7) is 1.88. The third-order valence-electron chi connectivity index (χ3n) is 3.58. The zero-order valence-electron chi connectivity index (χ0n) is 14.7. The molecule has 1 aliphatic rings. The van der Waals surface area contributed by atoms with Gasteiger partial charge in [0.25, 0.3) is 5.91 Å². The lowest BCUT2D eigenvalue weighted by atomic mass is 10.2. The van der Waals surface area contributed by atoms with Crippen LogP contribution in [0.4, 0.5) is 5.69 Å². The maximum Gasteiger partial charge on any atom is 0.313 e. The highest BCUT2D eigenvalue weighted by Crippen LogP contribution is 2.14. The first kappa shape index (κ1) is 19.2. The van der Waals surface area contributed by atoms with Gasteiger partial charge >= 0.3 is 5.91 Å². The number of carbonyl (C=O) groups excluding carboxylic acids is 3. The van der Waals surface area contributed by atoms with Gasteiger partial charge in [-0.3, -0.25) is 25.1 Å². The molecule has 2 aromatic rings. The first-order chi connectivity index (χ1) is 13.4. The van der Waals surface area contributed by atoms with E-state index in [1.165, 1.54) is 18.4 Å². The Balaban J connectivity index is 1.61. The Bertz CT molecular complexity index is 1010. The van der Waals surface area contributed by atoms with Gasteiger partial charge in [-0.2, -0.15) is 4.99 Å². The lowest BCUT2D eigenvalue weighted by Crippen LogP contribution is -2.43. The summed E-state index contributed by atoms with van der Waals surface area (Å²) in [5.41, 5.74) is 1.20. The zero-order chi connectivity index (χ0) is 20.1. The van der Waals surface area contributed by atoms with Crippen LogP contribution in [0.25, 0.3) is 0 Å². The van der Waals surface area contributed by atoms with Crippen LogP contribution in [0.5, 0.6) is 0 Å². The zero-order valence-corrected chi connectivity index (χ0v) is 15.5. The number of para-hydroxylation sites is 1. The standard InChI is InChI=1S/C18H15N5O4S/c1-10-5-2-3-6-11(10)20-13(24)9-28-18-22-15(19)14(17(26)23-18)21-16(25)12-7-4-8-27-12/h2-8H,9H2,1H3,(H,20,24)(H2,19,22,23,26). The smallest absolute Gasteiger partial charge is 0.313 e. The molecular formula is C18H15N5O4S. The molecular weight excluding hydrogens is 382 g/mol. The number of amidine groups is 2. The quantitative estimate of drug-likeness (QED) is 0.725. The van der Waals surface area contributed by atoms with Crippen LogP contribution in [0, 0.1) is 12.3 Å². The number of aryl methyl sites for hydroxylation is 1. The Kier molecular flexibility index (Phi) is 5.80. The van der Waals surface area contributed by atoms with Crippen LogP contribution < -0.4 is 10.6 Å². The van der Waals surface area contributed by atoms with E-state index in [9.17, 15) is 14.4 Å². The van der Waals surface area contributed by atoms with Crippen molar-refractivity contribution in [2.45, 2.75) is 6.92 Å². The fourth-order valence-electron chi connectivity index (χ4n) is 2.21. The van der Waals surface area contributed by atoms with Crippen LogP contribution >= 0.6 is 11.8 Å². The van der Waals surface area contributed by atoms with Crippen molar-refractivity contribution in [2.24, 2.45) is 9.98 Å². The first-order valence-corrected chi connectivity index (χ1v) is 9.06. The highest BCUT2D eigenvalue weighted by molar-refractivity contribution is 8.14. The number of nitrogens with one attached hydrogen (secondary N) is 3. The van der Waals surface area contributed by atoms with Crippen LogP contribution in [0.1, 0.15) is 16.1 Å². The van der Waals surface area contributed by atoms with E-state index in [1.54, 1.807) is 6.07 Å². The minimum Gasteiger partial charge on any atom is -0.459 e. The van der Waals surface area contributed by atoms with Crippen molar-refractivity contribution in [3.8, 4) is 0 Å². The molecule has 142 valence electrons. The monoisotopic (exact) mass is 397 g/mol. The Morgan fingerprint density at radius 3 is 2.75 bits per heavy atom. The molecule has 0 aliphatic carbocycles. The SMILES string of the molecule is Cc1ccccc1NC(=O)CSC1=NC(=N)C(=NC(=O)c2ccco2)C(=O)N1. The van der Waals surface area contributed by atoms with E-state index in [-0.39, 0.29) is 22.6 Å². The van der Waals surface area contributed by atoms with E-state index >= 15 is 0 Å². The van der Waals surface area contributed by atoms with Crippen molar-refractivity contribution >= 4 is 51.9 Å². The van der Waals surface area contributed by atoms with Crippen molar-refractivity contribution in [1.29, 1.82) is 5.41 Å². The number of aliphatic imine (C=N–C) groups is 2. The number of hydrogen-bond acceptors (Lipinski definition) is 6. The van der Waals surface area contributed by atoms with Gasteiger partial charge in [-0.1, -0.05) is 30.0 Å². The molecule has 0 saturated carbocycles. The molecule has 0 atom stereocenters. The van der Waals surface area contributed by atoms with Crippen LogP contribution in [0.3, 0.4) is 0 Å². The van der Waals surface area contributed by atoms with Crippen LogP contribution in [0.2, 0.25) is 0 Å². The molecule has 0 unspecified atom stereocenters. The minimum atomic E-state index is -0.788. The third kappa shape index (κ3) is 4.60. The van der Waals surface area contributed by atoms with Gasteiger partial charge in [0.2, 0.25) is 5.91 Å². The Labute approximate surface area is 163 Å². The molecule has 0 radical (unpaired) electrons. The van der Waals surface area contributed by atoms with Crippen molar-refractivity contribution in [2.75, 3.05) is 11.1 Å². The number of nitrogens with zero attached hydrogens (tertiary/aromatic N) is 2. The van der Waals surface area contributed by atoms with Gasteiger partial charge in [-0.25, -0.2) is 4.99 Å². The van der Waals surface area contributed by atoms with Crippen molar-refractivity contribution in [3.05, 3.63) is 54.0 Å². The van der Waals surface area contributed by atoms with Gasteiger partial charge < -0.3 is 9.73 Å². The van der Waals surface area contributed by atoms with Gasteiger partial charge in [-0.05, 0) is 30.7 Å². The molecule has 1 aliphatic heterocycles. The largest absolute Gasteiger partial charge is 0.459 e. The lowest BCUT2D eigenvalue weighted by molar-refractivity contribution is -0.114. The van der Waals surface area contributed by atoms with E-state index in [2.05, 4.69) is 20.6 Å². The summed E-state index contributed by atoms with van der Waals surface area (Å²) in [6.07, 6.45) is 1.30. The minimum absolute atomic E-state index is 0.0153. The van der Waals surface area contributed by atoms with Crippen molar-refractivity contribution in [1.82, 2.24) is 5.32 Å². The van der Waals surface area contributed by atoms with Gasteiger partial charge in [0.1, 0.15) is 0 Å². The molecule has 10 heteroatoms. The van der Waals surface area contributed by atoms with Crippen molar-refractivity contribution in [3.63, 3.8) is 0 Å². The molecule has 0 spiro atoms. The number of amides is 3. The number of rotatable bonds is 4. The molecule has 0 fully saturated rings. The number of anilines is 1. The average molecular weight is 397 g/mol. The Morgan fingerprint density at radius 1 is 1.29 bits per heavy atom. The number of benzene rings is 1. The summed E-state index contributed by atoms with van der Waals surface area (Å²) in [5.74, 6) is -2.35. The molecule has 3 N–H and O–H groups in total. The Hall–Kier alpha value is -3.53. The molecule has 0 bridgehead atoms. The summed E-state index contributed by atoms with van der Waals surface area (Å²) in [5, 5.41) is 13.1. The van der Waals surface area contributed by atoms with Crippen LogP contribution in [-0.2, 0) is 9.59 Å². The van der Waals surface area contributed by atoms with E-state index < -0.39 is 23.4 Å². The predicted octanol–water partition coefficient (Wildman–Crippen LogP) is 2.00. The first-order valence-electron chi connectivity index (χ1n) is 8.08. The lowest BCUT2D eigenvalue weighted by Gasteiger charge is -2.14. The predicted molar refractivity (Wildman–Crippen MR) is 106 cm³/mol. The van der Waals surface area contributed by atoms with E-state index in [0.29, 0.717) is 5.69 Å². The number of furan rings is 1. The van der Waals surface area contributed by atoms with Gasteiger partial charge in [0, 0.05) is 5.69 Å². The van der Waals surface area contributed by atoms with Gasteiger partial charge in [0.05, 0.1) is 12.0 Å².